The van der Waals surface area contributed by atoms with Gasteiger partial charge in [0.2, 0.25) is 0 Å². The van der Waals surface area contributed by atoms with Crippen LogP contribution >= 0.6 is 0 Å². The molecule has 0 heterocycles. The van der Waals surface area contributed by atoms with Crippen molar-refractivity contribution in [2.75, 3.05) is 0 Å². The summed E-state index contributed by atoms with van der Waals surface area (Å²) in [6.07, 6.45) is 0. The normalized spacial score (nSPS) is 0. The van der Waals surface area contributed by atoms with E-state index in [1.54, 1.807) is 0 Å². The van der Waals surface area contributed by atoms with E-state index in [-0.39, 0.29) is 104 Å². The Labute approximate surface area is 103 Å². The maximum absolute atomic E-state index is 0. The van der Waals surface area contributed by atoms with Gasteiger partial charge in [0.1, 0.15) is 0 Å². The Morgan fingerprint density at radius 3 is 0.500 bits per heavy atom. The summed E-state index contributed by atoms with van der Waals surface area (Å²) in [5, 5.41) is 0. The molecule has 0 aromatic carbocycles. The van der Waals surface area contributed by atoms with E-state index >= 15 is 0 Å². The van der Waals surface area contributed by atoms with Crippen LogP contribution < -0.4 is 67.9 Å². The molecule has 0 unspecified atom stereocenters. The largest absolute Gasteiger partial charge is 2.00 e. The molecule has 0 amide bonds. The third-order valence-electron chi connectivity index (χ3n) is 0. The minimum atomic E-state index is 0. The van der Waals surface area contributed by atoms with Crippen molar-refractivity contribution in [2.45, 2.75) is 0 Å². The van der Waals surface area contributed by atoms with Gasteiger partial charge in [0.25, 0.3) is 0 Å². The molecule has 6 heteroatoms. The second-order valence-corrected chi connectivity index (χ2v) is 0. The zero-order valence-electron chi connectivity index (χ0n) is 2.60. The smallest absolute Gasteiger partial charge is 1.00 e. The Morgan fingerprint density at radius 1 is 0.500 bits per heavy atom. The average molecular weight is 440 g/mol. The molecule has 0 N–H and O–H groups in total. The first-order valence-corrected chi connectivity index (χ1v) is 0. The van der Waals surface area contributed by atoms with Crippen LogP contribution in [-0.4, -0.2) is 0 Å². The quantitative estimate of drug-likeness (QED) is 0.329. The summed E-state index contributed by atoms with van der Waals surface area (Å²) in [4.78, 5) is 0. The first-order chi connectivity index (χ1) is 0. The van der Waals surface area contributed by atoms with E-state index < -0.39 is 0 Å². The third kappa shape index (κ3) is 27.7. The SMILES string of the molecule is [Br-].[Br-].[Br-].[Br-].[Mn+2].[Zn+2]. The molecule has 0 fully saturated rings. The van der Waals surface area contributed by atoms with Crippen molar-refractivity contribution in [3.8, 4) is 0 Å². The standard InChI is InChI=1S/4BrH.Mn.Zn/h4*1H;;/q;;;;2*+2/p-4. The topological polar surface area (TPSA) is 0 Å². The molecule has 0 bridgehead atoms. The summed E-state index contributed by atoms with van der Waals surface area (Å²) in [6, 6.07) is 0. The van der Waals surface area contributed by atoms with Crippen LogP contribution in [0.2, 0.25) is 0 Å². The molecule has 1 radical (unpaired) electrons. The fourth-order valence-corrected chi connectivity index (χ4v) is 0. The van der Waals surface area contributed by atoms with Gasteiger partial charge in [-0.1, -0.05) is 0 Å². The predicted octanol–water partition coefficient (Wildman–Crippen LogP) is -12.0. The Morgan fingerprint density at radius 2 is 0.500 bits per heavy atom. The van der Waals surface area contributed by atoms with E-state index in [0.29, 0.717) is 0 Å². The van der Waals surface area contributed by atoms with E-state index in [9.17, 15) is 0 Å². The average Bonchev–Trinajstić information content (AvgIpc) is 0. The van der Waals surface area contributed by atoms with Crippen molar-refractivity contribution in [3.05, 3.63) is 0 Å². The van der Waals surface area contributed by atoms with Crippen molar-refractivity contribution >= 4 is 0 Å². The van der Waals surface area contributed by atoms with Crippen LogP contribution in [0.1, 0.15) is 0 Å². The van der Waals surface area contributed by atoms with Gasteiger partial charge in [0.05, 0.1) is 0 Å². The molecule has 37 valence electrons. The second kappa shape index (κ2) is 42.9. The van der Waals surface area contributed by atoms with Gasteiger partial charge in [-0.25, -0.2) is 0 Å². The minimum Gasteiger partial charge on any atom is -1.00 e. The summed E-state index contributed by atoms with van der Waals surface area (Å²) in [7, 11) is 0. The minimum absolute atomic E-state index is 0. The van der Waals surface area contributed by atoms with Gasteiger partial charge in [0.15, 0.2) is 0 Å². The van der Waals surface area contributed by atoms with Gasteiger partial charge in [0, 0.05) is 0 Å². The summed E-state index contributed by atoms with van der Waals surface area (Å²) in [6.45, 7) is 0. The molecular formula is Br4MnZn. The van der Waals surface area contributed by atoms with Crippen molar-refractivity contribution in [3.63, 3.8) is 0 Å². The van der Waals surface area contributed by atoms with Crippen LogP contribution in [0.25, 0.3) is 0 Å². The first-order valence-electron chi connectivity index (χ1n) is 0. The van der Waals surface area contributed by atoms with Crippen molar-refractivity contribution in [1.82, 2.24) is 0 Å². The van der Waals surface area contributed by atoms with Crippen molar-refractivity contribution in [2.24, 2.45) is 0 Å². The van der Waals surface area contributed by atoms with E-state index in [4.69, 9.17) is 0 Å². The van der Waals surface area contributed by atoms with E-state index in [0.717, 1.165) is 0 Å². The number of hydrogen-bond acceptors (Lipinski definition) is 0. The molecule has 0 aliphatic heterocycles. The van der Waals surface area contributed by atoms with Crippen molar-refractivity contribution < 1.29 is 104 Å². The molecule has 6 heavy (non-hydrogen) atoms. The molecule has 0 aliphatic rings. The molecule has 0 saturated heterocycles. The molecule has 0 rings (SSSR count). The van der Waals surface area contributed by atoms with Gasteiger partial charge < -0.3 is 67.9 Å². The zero-order chi connectivity index (χ0) is 0. The molecule has 0 nitrogen and oxygen atoms in total. The van der Waals surface area contributed by atoms with E-state index in [2.05, 4.69) is 0 Å². The molecule has 0 aromatic rings. The van der Waals surface area contributed by atoms with Gasteiger partial charge in [-0.2, -0.15) is 0 Å². The summed E-state index contributed by atoms with van der Waals surface area (Å²) in [5.41, 5.74) is 0. The fourth-order valence-electron chi connectivity index (χ4n) is 0. The summed E-state index contributed by atoms with van der Waals surface area (Å²) in [5.74, 6) is 0. The maximum Gasteiger partial charge on any atom is 2.00 e. The van der Waals surface area contributed by atoms with E-state index in [1.807, 2.05) is 0 Å². The molecule has 0 aromatic heterocycles. The van der Waals surface area contributed by atoms with Crippen LogP contribution in [0.15, 0.2) is 0 Å². The Balaban J connectivity index is 0. The molecular weight excluding hydrogens is 440 g/mol. The number of hydrogen-bond donors (Lipinski definition) is 0. The van der Waals surface area contributed by atoms with Crippen LogP contribution in [0.3, 0.4) is 0 Å². The van der Waals surface area contributed by atoms with Gasteiger partial charge in [-0.3, -0.25) is 0 Å². The van der Waals surface area contributed by atoms with Gasteiger partial charge >= 0.3 is 36.5 Å². The second-order valence-electron chi connectivity index (χ2n) is 0. The monoisotopic (exact) mass is 435 g/mol. The Hall–Kier alpha value is 3.06. The predicted molar refractivity (Wildman–Crippen MR) is 0 cm³/mol. The van der Waals surface area contributed by atoms with Gasteiger partial charge in [-0.15, -0.1) is 0 Å². The summed E-state index contributed by atoms with van der Waals surface area (Å²) >= 11 is 0. The Kier molecular flexibility index (Phi) is 449. The fraction of sp³-hybridized carbons (Fsp3) is 0. The van der Waals surface area contributed by atoms with Gasteiger partial charge in [-0.05, 0) is 0 Å². The molecule has 0 aliphatic carbocycles. The maximum atomic E-state index is 0. The van der Waals surface area contributed by atoms with Crippen LogP contribution in [0.5, 0.6) is 0 Å². The zero-order valence-corrected chi connectivity index (χ0v) is 13.1. The van der Waals surface area contributed by atoms with Crippen LogP contribution in [0.4, 0.5) is 0 Å². The van der Waals surface area contributed by atoms with E-state index in [1.165, 1.54) is 0 Å². The van der Waals surface area contributed by atoms with Crippen LogP contribution in [0, 0.1) is 0 Å². The number of halogens is 4. The molecule has 0 atom stereocenters. The third-order valence-corrected chi connectivity index (χ3v) is 0. The summed E-state index contributed by atoms with van der Waals surface area (Å²) < 4.78 is 0. The Bertz CT molecular complexity index is 7.51. The molecule has 0 spiro atoms. The number of rotatable bonds is 0. The van der Waals surface area contributed by atoms with Crippen molar-refractivity contribution in [1.29, 1.82) is 0 Å². The molecule has 0 saturated carbocycles. The first kappa shape index (κ1) is 62.8. The van der Waals surface area contributed by atoms with Crippen LogP contribution in [-0.2, 0) is 36.5 Å².